The number of ether oxygens (including phenoxy) is 1. The van der Waals surface area contributed by atoms with Gasteiger partial charge in [-0.3, -0.25) is 10.2 Å². The molecule has 1 unspecified atom stereocenters. The number of carbonyl (C=O) groups excluding carboxylic acids is 1. The van der Waals surface area contributed by atoms with Crippen LogP contribution in [0.4, 0.5) is 11.9 Å². The van der Waals surface area contributed by atoms with Crippen LogP contribution in [0.5, 0.6) is 0 Å². The molecule has 1 fully saturated rings. The standard InChI is InChI=1S/C14H25N7O2S/c1-9(10(22)20-15)24-13-17-11(19-14(2,3)4)16-12(18-13)21-5-7-23-8-6-21/h9H,5-8,15H2,1-4H3,(H,20,22)(H,16,17,18,19). The van der Waals surface area contributed by atoms with Gasteiger partial charge in [0.15, 0.2) is 5.16 Å². The van der Waals surface area contributed by atoms with Gasteiger partial charge >= 0.3 is 0 Å². The van der Waals surface area contributed by atoms with E-state index in [1.165, 1.54) is 11.8 Å². The lowest BCUT2D eigenvalue weighted by molar-refractivity contribution is -0.120. The van der Waals surface area contributed by atoms with E-state index >= 15 is 0 Å². The molecule has 24 heavy (non-hydrogen) atoms. The number of nitrogens with one attached hydrogen (secondary N) is 2. The maximum absolute atomic E-state index is 11.6. The van der Waals surface area contributed by atoms with Crippen molar-refractivity contribution in [2.75, 3.05) is 36.5 Å². The Morgan fingerprint density at radius 3 is 2.54 bits per heavy atom. The normalized spacial score (nSPS) is 16.6. The number of aromatic nitrogens is 3. The first-order valence-corrected chi connectivity index (χ1v) is 8.70. The fraction of sp³-hybridized carbons (Fsp3) is 0.714. The third kappa shape index (κ3) is 5.46. The van der Waals surface area contributed by atoms with E-state index in [4.69, 9.17) is 10.6 Å². The zero-order valence-corrected chi connectivity index (χ0v) is 15.3. The summed E-state index contributed by atoms with van der Waals surface area (Å²) in [6.45, 7) is 10.6. The Morgan fingerprint density at radius 2 is 1.96 bits per heavy atom. The summed E-state index contributed by atoms with van der Waals surface area (Å²) in [4.78, 5) is 27.1. The van der Waals surface area contributed by atoms with E-state index in [0.717, 1.165) is 13.1 Å². The number of anilines is 2. The topological polar surface area (TPSA) is 118 Å². The van der Waals surface area contributed by atoms with E-state index in [1.807, 2.05) is 20.8 Å². The second-order valence-corrected chi connectivity index (χ2v) is 7.79. The van der Waals surface area contributed by atoms with Gasteiger partial charge in [-0.25, -0.2) is 5.84 Å². The average molecular weight is 355 g/mol. The second kappa shape index (κ2) is 7.95. The number of amides is 1. The van der Waals surface area contributed by atoms with Crippen LogP contribution in [0.15, 0.2) is 5.16 Å². The molecule has 10 heteroatoms. The summed E-state index contributed by atoms with van der Waals surface area (Å²) in [5.74, 6) is 5.98. The Kier molecular flexibility index (Phi) is 6.19. The third-order valence-electron chi connectivity index (χ3n) is 3.18. The summed E-state index contributed by atoms with van der Waals surface area (Å²) in [6, 6.07) is 0. The first kappa shape index (κ1) is 18.7. The van der Waals surface area contributed by atoms with Crippen molar-refractivity contribution in [2.24, 2.45) is 5.84 Å². The van der Waals surface area contributed by atoms with Crippen LogP contribution in [0.1, 0.15) is 27.7 Å². The summed E-state index contributed by atoms with van der Waals surface area (Å²) in [6.07, 6.45) is 0. The summed E-state index contributed by atoms with van der Waals surface area (Å²) in [5.41, 5.74) is 1.95. The lowest BCUT2D eigenvalue weighted by atomic mass is 10.1. The predicted octanol–water partition coefficient (Wildman–Crippen LogP) is 0.389. The highest BCUT2D eigenvalue weighted by atomic mass is 32.2. The predicted molar refractivity (Wildman–Crippen MR) is 93.9 cm³/mol. The van der Waals surface area contributed by atoms with Crippen LogP contribution in [0.2, 0.25) is 0 Å². The molecule has 2 heterocycles. The van der Waals surface area contributed by atoms with E-state index in [2.05, 4.69) is 30.6 Å². The number of nitrogens with zero attached hydrogens (tertiary/aromatic N) is 4. The second-order valence-electron chi connectivity index (χ2n) is 6.48. The van der Waals surface area contributed by atoms with Crippen molar-refractivity contribution < 1.29 is 9.53 Å². The van der Waals surface area contributed by atoms with Gasteiger partial charge in [0.05, 0.1) is 18.5 Å². The molecular weight excluding hydrogens is 330 g/mol. The molecule has 0 aromatic carbocycles. The number of rotatable bonds is 5. The van der Waals surface area contributed by atoms with Crippen LogP contribution in [0, 0.1) is 0 Å². The number of hydrogen-bond donors (Lipinski definition) is 3. The molecule has 2 rings (SSSR count). The molecule has 1 saturated heterocycles. The molecule has 1 atom stereocenters. The molecular formula is C14H25N7O2S. The van der Waals surface area contributed by atoms with Gasteiger partial charge in [0, 0.05) is 18.6 Å². The Hall–Kier alpha value is -1.65. The molecule has 0 bridgehead atoms. The van der Waals surface area contributed by atoms with Crippen molar-refractivity contribution >= 4 is 29.6 Å². The monoisotopic (exact) mass is 355 g/mol. The molecule has 134 valence electrons. The van der Waals surface area contributed by atoms with Gasteiger partial charge in [-0.15, -0.1) is 0 Å². The van der Waals surface area contributed by atoms with E-state index < -0.39 is 5.25 Å². The maximum Gasteiger partial charge on any atom is 0.247 e. The van der Waals surface area contributed by atoms with E-state index in [0.29, 0.717) is 30.3 Å². The first-order valence-electron chi connectivity index (χ1n) is 7.82. The smallest absolute Gasteiger partial charge is 0.247 e. The molecule has 4 N–H and O–H groups in total. The number of morpholine rings is 1. The highest BCUT2D eigenvalue weighted by Crippen LogP contribution is 2.24. The highest BCUT2D eigenvalue weighted by molar-refractivity contribution is 8.00. The van der Waals surface area contributed by atoms with E-state index in [1.54, 1.807) is 6.92 Å². The van der Waals surface area contributed by atoms with Crippen molar-refractivity contribution in [3.63, 3.8) is 0 Å². The fourth-order valence-electron chi connectivity index (χ4n) is 2.02. The minimum absolute atomic E-state index is 0.189. The zero-order chi connectivity index (χ0) is 17.7. The van der Waals surface area contributed by atoms with Gasteiger partial charge in [0.25, 0.3) is 0 Å². The molecule has 1 aliphatic heterocycles. The minimum Gasteiger partial charge on any atom is -0.378 e. The van der Waals surface area contributed by atoms with Crippen LogP contribution in [-0.4, -0.2) is 58.0 Å². The molecule has 0 saturated carbocycles. The number of hydrazine groups is 1. The summed E-state index contributed by atoms with van der Waals surface area (Å²) < 4.78 is 5.37. The van der Waals surface area contributed by atoms with E-state index in [9.17, 15) is 4.79 Å². The molecule has 9 nitrogen and oxygen atoms in total. The molecule has 1 aromatic heterocycles. The van der Waals surface area contributed by atoms with Crippen molar-refractivity contribution in [3.8, 4) is 0 Å². The number of thioether (sulfide) groups is 1. The Balaban J connectivity index is 2.27. The quantitative estimate of drug-likeness (QED) is 0.298. The lowest BCUT2D eigenvalue weighted by Gasteiger charge is -2.28. The number of nitrogens with two attached hydrogens (primary N) is 1. The lowest BCUT2D eigenvalue weighted by Crippen LogP contribution is -2.38. The SMILES string of the molecule is CC(Sc1nc(NC(C)(C)C)nc(N2CCOCC2)n1)C(=O)NN. The van der Waals surface area contributed by atoms with Gasteiger partial charge in [-0.1, -0.05) is 11.8 Å². The van der Waals surface area contributed by atoms with Crippen molar-refractivity contribution in [2.45, 2.75) is 43.6 Å². The van der Waals surface area contributed by atoms with Crippen LogP contribution in [0.3, 0.4) is 0 Å². The largest absolute Gasteiger partial charge is 0.378 e. The van der Waals surface area contributed by atoms with Crippen molar-refractivity contribution in [1.29, 1.82) is 0 Å². The molecule has 1 amide bonds. The fourth-order valence-corrected chi connectivity index (χ4v) is 2.79. The van der Waals surface area contributed by atoms with Crippen LogP contribution in [-0.2, 0) is 9.53 Å². The molecule has 1 aromatic rings. The van der Waals surface area contributed by atoms with Gasteiger partial charge in [0.2, 0.25) is 17.8 Å². The van der Waals surface area contributed by atoms with E-state index in [-0.39, 0.29) is 11.4 Å². The van der Waals surface area contributed by atoms with Gasteiger partial charge in [-0.2, -0.15) is 15.0 Å². The summed E-state index contributed by atoms with van der Waals surface area (Å²) in [5, 5.41) is 3.33. The summed E-state index contributed by atoms with van der Waals surface area (Å²) in [7, 11) is 0. The van der Waals surface area contributed by atoms with Crippen LogP contribution in [0.25, 0.3) is 0 Å². The minimum atomic E-state index is -0.405. The zero-order valence-electron chi connectivity index (χ0n) is 14.5. The van der Waals surface area contributed by atoms with Crippen LogP contribution < -0.4 is 21.5 Å². The Bertz CT molecular complexity index is 573. The van der Waals surface area contributed by atoms with Crippen molar-refractivity contribution in [3.05, 3.63) is 0 Å². The number of carbonyl (C=O) groups is 1. The highest BCUT2D eigenvalue weighted by Gasteiger charge is 2.21. The van der Waals surface area contributed by atoms with Gasteiger partial charge < -0.3 is 15.0 Å². The Morgan fingerprint density at radius 1 is 1.29 bits per heavy atom. The molecule has 0 aliphatic carbocycles. The molecule has 0 spiro atoms. The Labute approximate surface area is 146 Å². The van der Waals surface area contributed by atoms with Crippen molar-refractivity contribution in [1.82, 2.24) is 20.4 Å². The van der Waals surface area contributed by atoms with Gasteiger partial charge in [-0.05, 0) is 27.7 Å². The number of hydrogen-bond acceptors (Lipinski definition) is 9. The molecule has 1 aliphatic rings. The summed E-state index contributed by atoms with van der Waals surface area (Å²) >= 11 is 1.24. The first-order chi connectivity index (χ1) is 11.3. The third-order valence-corrected chi connectivity index (χ3v) is 4.14. The molecule has 0 radical (unpaired) electrons. The van der Waals surface area contributed by atoms with Gasteiger partial charge in [0.1, 0.15) is 0 Å². The average Bonchev–Trinajstić information content (AvgIpc) is 2.53. The van der Waals surface area contributed by atoms with Crippen LogP contribution >= 0.6 is 11.8 Å². The maximum atomic E-state index is 11.6.